The molecule has 0 radical (unpaired) electrons. The fourth-order valence-electron chi connectivity index (χ4n) is 1.63. The van der Waals surface area contributed by atoms with E-state index < -0.39 is 0 Å². The van der Waals surface area contributed by atoms with Gasteiger partial charge in [-0.05, 0) is 30.7 Å². The van der Waals surface area contributed by atoms with E-state index in [1.165, 1.54) is 0 Å². The molecule has 17 heavy (non-hydrogen) atoms. The summed E-state index contributed by atoms with van der Waals surface area (Å²) in [5.74, 6) is 0.201. The first kappa shape index (κ1) is 13.7. The minimum Gasteiger partial charge on any atom is -0.385 e. The van der Waals surface area contributed by atoms with E-state index >= 15 is 0 Å². The van der Waals surface area contributed by atoms with Crippen LogP contribution in [0.5, 0.6) is 0 Å². The summed E-state index contributed by atoms with van der Waals surface area (Å²) in [5, 5.41) is 0. The van der Waals surface area contributed by atoms with Crippen LogP contribution in [-0.4, -0.2) is 33.6 Å². The SMILES string of the molecule is COCCC(C)C(=O)c1ccc(N(C)C)cc1. The third kappa shape index (κ3) is 3.86. The number of rotatable bonds is 6. The predicted octanol–water partition coefficient (Wildman–Crippen LogP) is 2.61. The van der Waals surface area contributed by atoms with Gasteiger partial charge in [-0.2, -0.15) is 0 Å². The van der Waals surface area contributed by atoms with Gasteiger partial charge in [0.05, 0.1) is 0 Å². The second-order valence-corrected chi connectivity index (χ2v) is 4.49. The molecule has 1 aromatic rings. The lowest BCUT2D eigenvalue weighted by Gasteiger charge is -2.14. The molecule has 94 valence electrons. The first-order chi connectivity index (χ1) is 8.06. The first-order valence-electron chi connectivity index (χ1n) is 5.86. The van der Waals surface area contributed by atoms with Gasteiger partial charge in [0.15, 0.2) is 5.78 Å². The fraction of sp³-hybridized carbons (Fsp3) is 0.500. The lowest BCUT2D eigenvalue weighted by molar-refractivity contribution is 0.0894. The van der Waals surface area contributed by atoms with Gasteiger partial charge in [-0.1, -0.05) is 6.92 Å². The number of benzene rings is 1. The van der Waals surface area contributed by atoms with E-state index in [1.807, 2.05) is 50.2 Å². The highest BCUT2D eigenvalue weighted by Crippen LogP contribution is 2.16. The van der Waals surface area contributed by atoms with E-state index in [4.69, 9.17) is 4.74 Å². The molecule has 1 atom stereocenters. The molecule has 0 N–H and O–H groups in total. The Labute approximate surface area is 103 Å². The quantitative estimate of drug-likeness (QED) is 0.710. The Balaban J connectivity index is 2.69. The van der Waals surface area contributed by atoms with Gasteiger partial charge in [0.1, 0.15) is 0 Å². The van der Waals surface area contributed by atoms with Gasteiger partial charge in [-0.3, -0.25) is 4.79 Å². The number of nitrogens with zero attached hydrogens (tertiary/aromatic N) is 1. The van der Waals surface area contributed by atoms with Crippen LogP contribution in [0, 0.1) is 5.92 Å². The number of carbonyl (C=O) groups is 1. The van der Waals surface area contributed by atoms with Crippen molar-refractivity contribution in [3.63, 3.8) is 0 Å². The Hall–Kier alpha value is -1.35. The van der Waals surface area contributed by atoms with Gasteiger partial charge in [-0.15, -0.1) is 0 Å². The third-order valence-electron chi connectivity index (χ3n) is 2.87. The van der Waals surface area contributed by atoms with E-state index in [-0.39, 0.29) is 11.7 Å². The van der Waals surface area contributed by atoms with Crippen LogP contribution in [0.15, 0.2) is 24.3 Å². The van der Waals surface area contributed by atoms with Crippen molar-refractivity contribution < 1.29 is 9.53 Å². The second-order valence-electron chi connectivity index (χ2n) is 4.49. The van der Waals surface area contributed by atoms with Gasteiger partial charge < -0.3 is 9.64 Å². The van der Waals surface area contributed by atoms with Crippen LogP contribution in [0.4, 0.5) is 5.69 Å². The summed E-state index contributed by atoms with van der Waals surface area (Å²) in [5.41, 5.74) is 1.88. The number of Topliss-reactive ketones (excluding diaryl/α,β-unsaturated/α-hetero) is 1. The van der Waals surface area contributed by atoms with E-state index in [9.17, 15) is 4.79 Å². The van der Waals surface area contributed by atoms with E-state index in [2.05, 4.69) is 0 Å². The zero-order chi connectivity index (χ0) is 12.8. The number of carbonyl (C=O) groups excluding carboxylic acids is 1. The topological polar surface area (TPSA) is 29.5 Å². The van der Waals surface area contributed by atoms with Crippen molar-refractivity contribution in [2.24, 2.45) is 5.92 Å². The molecule has 0 spiro atoms. The predicted molar refractivity (Wildman–Crippen MR) is 70.8 cm³/mol. The standard InChI is InChI=1S/C14H21NO2/c1-11(9-10-17-4)14(16)12-5-7-13(8-6-12)15(2)3/h5-8,11H,9-10H2,1-4H3. The van der Waals surface area contributed by atoms with Crippen molar-refractivity contribution in [1.29, 1.82) is 0 Å². The monoisotopic (exact) mass is 235 g/mol. The summed E-state index contributed by atoms with van der Waals surface area (Å²) >= 11 is 0. The van der Waals surface area contributed by atoms with E-state index in [0.29, 0.717) is 6.61 Å². The Morgan fingerprint density at radius 3 is 2.35 bits per heavy atom. The summed E-state index contributed by atoms with van der Waals surface area (Å²) in [4.78, 5) is 14.1. The number of ether oxygens (including phenoxy) is 1. The number of methoxy groups -OCH3 is 1. The molecule has 0 saturated carbocycles. The first-order valence-corrected chi connectivity index (χ1v) is 5.86. The smallest absolute Gasteiger partial charge is 0.165 e. The molecule has 0 aliphatic carbocycles. The number of anilines is 1. The van der Waals surface area contributed by atoms with Gasteiger partial charge in [-0.25, -0.2) is 0 Å². The Kier molecular flexibility index (Phi) is 5.16. The maximum absolute atomic E-state index is 12.1. The Bertz CT molecular complexity index is 357. The molecule has 0 aliphatic heterocycles. The zero-order valence-corrected chi connectivity index (χ0v) is 11.1. The molecule has 0 bridgehead atoms. The van der Waals surface area contributed by atoms with Gasteiger partial charge >= 0.3 is 0 Å². The van der Waals surface area contributed by atoms with E-state index in [0.717, 1.165) is 17.7 Å². The second kappa shape index (κ2) is 6.40. The van der Waals surface area contributed by atoms with Crippen molar-refractivity contribution >= 4 is 11.5 Å². The molecule has 3 heteroatoms. The summed E-state index contributed by atoms with van der Waals surface area (Å²) in [7, 11) is 5.62. The highest BCUT2D eigenvalue weighted by atomic mass is 16.5. The molecular formula is C14H21NO2. The fourth-order valence-corrected chi connectivity index (χ4v) is 1.63. The van der Waals surface area contributed by atoms with Gasteiger partial charge in [0.25, 0.3) is 0 Å². The molecule has 3 nitrogen and oxygen atoms in total. The van der Waals surface area contributed by atoms with Crippen LogP contribution in [0.1, 0.15) is 23.7 Å². The molecule has 0 saturated heterocycles. The van der Waals surface area contributed by atoms with Crippen LogP contribution >= 0.6 is 0 Å². The molecule has 0 amide bonds. The van der Waals surface area contributed by atoms with Crippen molar-refractivity contribution in [1.82, 2.24) is 0 Å². The molecule has 1 aromatic carbocycles. The number of hydrogen-bond donors (Lipinski definition) is 0. The van der Waals surface area contributed by atoms with Crippen LogP contribution in [0.3, 0.4) is 0 Å². The lowest BCUT2D eigenvalue weighted by atomic mass is 9.96. The minimum atomic E-state index is 0.0140. The van der Waals surface area contributed by atoms with Crippen LogP contribution in [-0.2, 0) is 4.74 Å². The molecule has 0 heterocycles. The van der Waals surface area contributed by atoms with Crippen molar-refractivity contribution in [2.45, 2.75) is 13.3 Å². The van der Waals surface area contributed by atoms with Crippen LogP contribution < -0.4 is 4.90 Å². The lowest BCUT2D eigenvalue weighted by Crippen LogP contribution is -2.14. The normalized spacial score (nSPS) is 12.2. The Morgan fingerprint density at radius 1 is 1.29 bits per heavy atom. The van der Waals surface area contributed by atoms with E-state index in [1.54, 1.807) is 7.11 Å². The average molecular weight is 235 g/mol. The van der Waals surface area contributed by atoms with Gasteiger partial charge in [0, 0.05) is 45.0 Å². The number of ketones is 1. The van der Waals surface area contributed by atoms with Gasteiger partial charge in [0.2, 0.25) is 0 Å². The third-order valence-corrected chi connectivity index (χ3v) is 2.87. The minimum absolute atomic E-state index is 0.0140. The Morgan fingerprint density at radius 2 is 1.88 bits per heavy atom. The zero-order valence-electron chi connectivity index (χ0n) is 11.1. The van der Waals surface area contributed by atoms with Crippen molar-refractivity contribution in [3.8, 4) is 0 Å². The van der Waals surface area contributed by atoms with Crippen molar-refractivity contribution in [3.05, 3.63) is 29.8 Å². The molecule has 1 rings (SSSR count). The summed E-state index contributed by atoms with van der Waals surface area (Å²) < 4.78 is 4.99. The largest absolute Gasteiger partial charge is 0.385 e. The summed E-state index contributed by atoms with van der Waals surface area (Å²) in [6, 6.07) is 7.72. The maximum atomic E-state index is 12.1. The molecule has 0 aliphatic rings. The molecule has 1 unspecified atom stereocenters. The highest BCUT2D eigenvalue weighted by molar-refractivity contribution is 5.97. The van der Waals surface area contributed by atoms with Crippen LogP contribution in [0.25, 0.3) is 0 Å². The summed E-state index contributed by atoms with van der Waals surface area (Å²) in [6.07, 6.45) is 0.769. The number of hydrogen-bond acceptors (Lipinski definition) is 3. The molecule has 0 aromatic heterocycles. The maximum Gasteiger partial charge on any atom is 0.165 e. The molecular weight excluding hydrogens is 214 g/mol. The van der Waals surface area contributed by atoms with Crippen molar-refractivity contribution in [2.75, 3.05) is 32.7 Å². The molecule has 0 fully saturated rings. The average Bonchev–Trinajstić information content (AvgIpc) is 2.35. The van der Waals surface area contributed by atoms with Crippen LogP contribution in [0.2, 0.25) is 0 Å². The highest BCUT2D eigenvalue weighted by Gasteiger charge is 2.14. The summed E-state index contributed by atoms with van der Waals surface area (Å²) in [6.45, 7) is 2.57.